The van der Waals surface area contributed by atoms with Crippen LogP contribution >= 0.6 is 0 Å². The molecule has 1 amide bonds. The number of carbonyl (C=O) groups is 1. The van der Waals surface area contributed by atoms with Crippen molar-refractivity contribution in [3.05, 3.63) is 23.9 Å². The van der Waals surface area contributed by atoms with Gasteiger partial charge in [-0.05, 0) is 24.8 Å². The summed E-state index contributed by atoms with van der Waals surface area (Å²) in [5, 5.41) is 0. The minimum atomic E-state index is -0.202. The zero-order valence-electron chi connectivity index (χ0n) is 9.27. The molecule has 82 valence electrons. The molecule has 1 fully saturated rings. The second-order valence-corrected chi connectivity index (χ2v) is 4.37. The molecule has 1 aliphatic heterocycles. The molecule has 3 nitrogen and oxygen atoms in total. The van der Waals surface area contributed by atoms with E-state index in [-0.39, 0.29) is 12.1 Å². The minimum absolute atomic E-state index is 0.187. The highest BCUT2D eigenvalue weighted by Gasteiger charge is 2.36. The number of rotatable bonds is 2. The lowest BCUT2D eigenvalue weighted by Crippen LogP contribution is -2.36. The highest BCUT2D eigenvalue weighted by Crippen LogP contribution is 2.26. The van der Waals surface area contributed by atoms with Crippen LogP contribution in [0.2, 0.25) is 0 Å². The molecule has 1 atom stereocenters. The van der Waals surface area contributed by atoms with Gasteiger partial charge >= 0.3 is 6.09 Å². The van der Waals surface area contributed by atoms with Gasteiger partial charge < -0.3 is 4.74 Å². The van der Waals surface area contributed by atoms with Crippen LogP contribution in [0.3, 0.4) is 0 Å². The van der Waals surface area contributed by atoms with E-state index in [0.717, 1.165) is 18.5 Å². The standard InChI is InChI=1S/C12H17NO2/c1-9(2)11-8-15-12(14)13(11)10-6-4-3-5-7-10/h4,6-7,9,11H,3,5,8H2,1-2H3/t11-/m1/s1. The molecular formula is C12H17NO2. The van der Waals surface area contributed by atoms with Crippen LogP contribution in [0.1, 0.15) is 26.7 Å². The fraction of sp³-hybridized carbons (Fsp3) is 0.583. The van der Waals surface area contributed by atoms with Crippen LogP contribution in [-0.4, -0.2) is 23.6 Å². The number of allylic oxidation sites excluding steroid dienone is 3. The fourth-order valence-electron chi connectivity index (χ4n) is 2.00. The largest absolute Gasteiger partial charge is 0.447 e. The molecule has 0 aromatic heterocycles. The lowest BCUT2D eigenvalue weighted by molar-refractivity contribution is 0.164. The molecule has 0 radical (unpaired) electrons. The minimum Gasteiger partial charge on any atom is -0.447 e. The quantitative estimate of drug-likeness (QED) is 0.696. The van der Waals surface area contributed by atoms with Crippen molar-refractivity contribution in [2.24, 2.45) is 5.92 Å². The van der Waals surface area contributed by atoms with Gasteiger partial charge in [-0.3, -0.25) is 4.90 Å². The summed E-state index contributed by atoms with van der Waals surface area (Å²) in [4.78, 5) is 13.4. The van der Waals surface area contributed by atoms with Gasteiger partial charge in [0.15, 0.2) is 0 Å². The topological polar surface area (TPSA) is 29.5 Å². The predicted octanol–water partition coefficient (Wildman–Crippen LogP) is 2.70. The molecule has 15 heavy (non-hydrogen) atoms. The van der Waals surface area contributed by atoms with E-state index in [0.29, 0.717) is 12.5 Å². The van der Waals surface area contributed by atoms with Crippen molar-refractivity contribution in [3.8, 4) is 0 Å². The van der Waals surface area contributed by atoms with Crippen molar-refractivity contribution in [1.82, 2.24) is 4.90 Å². The Kier molecular flexibility index (Phi) is 2.80. The third kappa shape index (κ3) is 1.91. The summed E-state index contributed by atoms with van der Waals surface area (Å²) >= 11 is 0. The lowest BCUT2D eigenvalue weighted by Gasteiger charge is -2.26. The van der Waals surface area contributed by atoms with Crippen molar-refractivity contribution >= 4 is 6.09 Å². The summed E-state index contributed by atoms with van der Waals surface area (Å²) < 4.78 is 5.10. The van der Waals surface area contributed by atoms with Gasteiger partial charge in [0.1, 0.15) is 6.61 Å². The first-order valence-corrected chi connectivity index (χ1v) is 5.53. The molecule has 0 bridgehead atoms. The summed E-state index contributed by atoms with van der Waals surface area (Å²) in [6, 6.07) is 0.187. The Bertz CT molecular complexity index is 318. The first-order valence-electron chi connectivity index (χ1n) is 5.53. The van der Waals surface area contributed by atoms with E-state index in [1.165, 1.54) is 0 Å². The van der Waals surface area contributed by atoms with Gasteiger partial charge in [0.25, 0.3) is 0 Å². The van der Waals surface area contributed by atoms with E-state index in [9.17, 15) is 4.79 Å². The van der Waals surface area contributed by atoms with Crippen LogP contribution in [0.15, 0.2) is 23.9 Å². The maximum absolute atomic E-state index is 11.6. The lowest BCUT2D eigenvalue weighted by atomic mass is 10.0. The molecule has 0 aromatic rings. The average molecular weight is 207 g/mol. The number of amides is 1. The number of hydrogen-bond acceptors (Lipinski definition) is 2. The number of nitrogens with zero attached hydrogens (tertiary/aromatic N) is 1. The van der Waals surface area contributed by atoms with Crippen LogP contribution in [-0.2, 0) is 4.74 Å². The SMILES string of the molecule is CC(C)[C@H]1COC(=O)N1C1=CCCC=C1. The van der Waals surface area contributed by atoms with Crippen LogP contribution in [0.5, 0.6) is 0 Å². The fourth-order valence-corrected chi connectivity index (χ4v) is 2.00. The Morgan fingerprint density at radius 1 is 1.47 bits per heavy atom. The molecule has 1 aliphatic carbocycles. The summed E-state index contributed by atoms with van der Waals surface area (Å²) in [5.74, 6) is 0.424. The number of carbonyl (C=O) groups excluding carboxylic acids is 1. The molecule has 0 spiro atoms. The third-order valence-corrected chi connectivity index (χ3v) is 2.93. The highest BCUT2D eigenvalue weighted by atomic mass is 16.6. The van der Waals surface area contributed by atoms with Crippen LogP contribution in [0.4, 0.5) is 4.79 Å². The van der Waals surface area contributed by atoms with Crippen molar-refractivity contribution in [1.29, 1.82) is 0 Å². The van der Waals surface area contributed by atoms with Gasteiger partial charge in [-0.1, -0.05) is 26.0 Å². The molecular weight excluding hydrogens is 190 g/mol. The van der Waals surface area contributed by atoms with E-state index >= 15 is 0 Å². The van der Waals surface area contributed by atoms with Crippen molar-refractivity contribution in [2.75, 3.05) is 6.61 Å². The van der Waals surface area contributed by atoms with Gasteiger partial charge in [0, 0.05) is 5.70 Å². The van der Waals surface area contributed by atoms with Gasteiger partial charge in [-0.15, -0.1) is 0 Å². The number of cyclic esters (lactones) is 1. The van der Waals surface area contributed by atoms with E-state index in [2.05, 4.69) is 26.0 Å². The Morgan fingerprint density at radius 3 is 2.87 bits per heavy atom. The zero-order chi connectivity index (χ0) is 10.8. The summed E-state index contributed by atoms with van der Waals surface area (Å²) in [7, 11) is 0. The van der Waals surface area contributed by atoms with Gasteiger partial charge in [-0.25, -0.2) is 4.79 Å². The second-order valence-electron chi connectivity index (χ2n) is 4.37. The van der Waals surface area contributed by atoms with E-state index < -0.39 is 0 Å². The van der Waals surface area contributed by atoms with Gasteiger partial charge in [-0.2, -0.15) is 0 Å². The summed E-state index contributed by atoms with van der Waals surface area (Å²) in [5.41, 5.74) is 1.00. The molecule has 3 heteroatoms. The van der Waals surface area contributed by atoms with Crippen molar-refractivity contribution < 1.29 is 9.53 Å². The maximum atomic E-state index is 11.6. The molecule has 2 rings (SSSR count). The zero-order valence-corrected chi connectivity index (χ0v) is 9.27. The smallest absolute Gasteiger partial charge is 0.414 e. The molecule has 0 unspecified atom stereocenters. The predicted molar refractivity (Wildman–Crippen MR) is 58.3 cm³/mol. The molecule has 1 heterocycles. The van der Waals surface area contributed by atoms with E-state index in [1.807, 2.05) is 6.08 Å². The molecule has 0 aromatic carbocycles. The maximum Gasteiger partial charge on any atom is 0.414 e. The molecule has 2 aliphatic rings. The van der Waals surface area contributed by atoms with Crippen LogP contribution in [0, 0.1) is 5.92 Å². The highest BCUT2D eigenvalue weighted by molar-refractivity contribution is 5.73. The van der Waals surface area contributed by atoms with Crippen LogP contribution in [0.25, 0.3) is 0 Å². The molecule has 0 N–H and O–H groups in total. The molecule has 1 saturated heterocycles. The third-order valence-electron chi connectivity index (χ3n) is 2.93. The first-order chi connectivity index (χ1) is 7.20. The summed E-state index contributed by atoms with van der Waals surface area (Å²) in [6.45, 7) is 4.75. The number of ether oxygens (including phenoxy) is 1. The number of hydrogen-bond donors (Lipinski definition) is 0. The normalized spacial score (nSPS) is 25.8. The Balaban J connectivity index is 2.20. The Labute approximate surface area is 90.4 Å². The van der Waals surface area contributed by atoms with Crippen molar-refractivity contribution in [2.45, 2.75) is 32.7 Å². The van der Waals surface area contributed by atoms with Gasteiger partial charge in [0.2, 0.25) is 0 Å². The average Bonchev–Trinajstić information content (AvgIpc) is 2.61. The monoisotopic (exact) mass is 207 g/mol. The van der Waals surface area contributed by atoms with Crippen LogP contribution < -0.4 is 0 Å². The summed E-state index contributed by atoms with van der Waals surface area (Å²) in [6.07, 6.45) is 8.12. The van der Waals surface area contributed by atoms with Crippen molar-refractivity contribution in [3.63, 3.8) is 0 Å². The van der Waals surface area contributed by atoms with Gasteiger partial charge in [0.05, 0.1) is 6.04 Å². The van der Waals surface area contributed by atoms with E-state index in [4.69, 9.17) is 4.74 Å². The first kappa shape index (κ1) is 10.3. The molecule has 0 saturated carbocycles. The second kappa shape index (κ2) is 4.09. The Morgan fingerprint density at radius 2 is 2.27 bits per heavy atom. The van der Waals surface area contributed by atoms with E-state index in [1.54, 1.807) is 4.90 Å². The Hall–Kier alpha value is -1.25.